The molecule has 0 bridgehead atoms. The largest absolute Gasteiger partial charge is 0.374 e. The highest BCUT2D eigenvalue weighted by molar-refractivity contribution is 7.11. The number of nitrogens with one attached hydrogen (secondary N) is 1. The Morgan fingerprint density at radius 2 is 2.30 bits per heavy atom. The summed E-state index contributed by atoms with van der Waals surface area (Å²) in [6.45, 7) is 14.7. The molecule has 1 aromatic heterocycles. The van der Waals surface area contributed by atoms with Crippen LogP contribution in [0, 0.1) is 0 Å². The minimum atomic E-state index is 0.150. The summed E-state index contributed by atoms with van der Waals surface area (Å²) < 4.78 is 5.79. The zero-order valence-electron chi connectivity index (χ0n) is 13.1. The quantitative estimate of drug-likeness (QED) is 0.904. The van der Waals surface area contributed by atoms with Crippen LogP contribution in [0.4, 0.5) is 0 Å². The van der Waals surface area contributed by atoms with Gasteiger partial charge in [0, 0.05) is 42.7 Å². The molecule has 0 radical (unpaired) electrons. The molecule has 0 aliphatic carbocycles. The molecule has 0 aromatic carbocycles. The van der Waals surface area contributed by atoms with Crippen LogP contribution in [-0.2, 0) is 16.7 Å². The molecule has 5 heteroatoms. The van der Waals surface area contributed by atoms with Gasteiger partial charge in [0.05, 0.1) is 17.7 Å². The molecule has 0 saturated carbocycles. The number of ether oxygens (including phenoxy) is 1. The monoisotopic (exact) mass is 297 g/mol. The molecular formula is C15H27N3OS. The standard InChI is InChI=1S/C15H27N3OS/c1-5-18-6-7-19-12(11-18)8-16-9-13-10-17-14(20-13)15(2,3)4/h10,12,16H,5-9,11H2,1-4H3/t12-/m1/s1. The third-order valence-electron chi connectivity index (χ3n) is 3.54. The van der Waals surface area contributed by atoms with Gasteiger partial charge in [0.15, 0.2) is 0 Å². The summed E-state index contributed by atoms with van der Waals surface area (Å²) in [6, 6.07) is 0. The normalized spacial score (nSPS) is 21.3. The Kier molecular flexibility index (Phi) is 5.55. The van der Waals surface area contributed by atoms with Gasteiger partial charge in [-0.05, 0) is 6.54 Å². The van der Waals surface area contributed by atoms with Crippen molar-refractivity contribution in [2.75, 3.05) is 32.8 Å². The topological polar surface area (TPSA) is 37.4 Å². The molecule has 0 spiro atoms. The van der Waals surface area contributed by atoms with Crippen molar-refractivity contribution >= 4 is 11.3 Å². The van der Waals surface area contributed by atoms with Crippen LogP contribution in [0.25, 0.3) is 0 Å². The fourth-order valence-corrected chi connectivity index (χ4v) is 3.22. The summed E-state index contributed by atoms with van der Waals surface area (Å²) in [5.41, 5.74) is 0.150. The van der Waals surface area contributed by atoms with Crippen molar-refractivity contribution in [3.8, 4) is 0 Å². The molecule has 2 rings (SSSR count). The van der Waals surface area contributed by atoms with Gasteiger partial charge in [-0.2, -0.15) is 0 Å². The van der Waals surface area contributed by atoms with Crippen LogP contribution in [0.2, 0.25) is 0 Å². The molecule has 1 atom stereocenters. The Morgan fingerprint density at radius 1 is 1.50 bits per heavy atom. The fourth-order valence-electron chi connectivity index (χ4n) is 2.28. The molecule has 1 aliphatic heterocycles. The first-order valence-corrected chi connectivity index (χ1v) is 8.30. The molecule has 1 N–H and O–H groups in total. The van der Waals surface area contributed by atoms with E-state index in [0.717, 1.165) is 39.3 Å². The van der Waals surface area contributed by atoms with Crippen molar-refractivity contribution in [2.45, 2.75) is 45.8 Å². The number of hydrogen-bond donors (Lipinski definition) is 1. The average molecular weight is 297 g/mol. The molecule has 20 heavy (non-hydrogen) atoms. The average Bonchev–Trinajstić information content (AvgIpc) is 2.88. The van der Waals surface area contributed by atoms with Crippen LogP contribution in [0.3, 0.4) is 0 Å². The third-order valence-corrected chi connectivity index (χ3v) is 4.96. The molecule has 1 saturated heterocycles. The molecule has 1 fully saturated rings. The van der Waals surface area contributed by atoms with E-state index in [1.807, 2.05) is 6.20 Å². The maximum absolute atomic E-state index is 5.79. The van der Waals surface area contributed by atoms with E-state index in [4.69, 9.17) is 4.74 Å². The Bertz CT molecular complexity index is 413. The summed E-state index contributed by atoms with van der Waals surface area (Å²) in [5, 5.41) is 4.71. The van der Waals surface area contributed by atoms with E-state index in [1.165, 1.54) is 9.88 Å². The minimum Gasteiger partial charge on any atom is -0.374 e. The number of hydrogen-bond acceptors (Lipinski definition) is 5. The summed E-state index contributed by atoms with van der Waals surface area (Å²) in [5.74, 6) is 0. The highest BCUT2D eigenvalue weighted by atomic mass is 32.1. The van der Waals surface area contributed by atoms with E-state index in [0.29, 0.717) is 6.10 Å². The number of nitrogens with zero attached hydrogens (tertiary/aromatic N) is 2. The first-order chi connectivity index (χ1) is 9.49. The lowest BCUT2D eigenvalue weighted by Crippen LogP contribution is -2.46. The number of likely N-dealkylation sites (N-methyl/N-ethyl adjacent to an activating group) is 1. The van der Waals surface area contributed by atoms with Gasteiger partial charge in [0.25, 0.3) is 0 Å². The van der Waals surface area contributed by atoms with E-state index >= 15 is 0 Å². The van der Waals surface area contributed by atoms with Crippen molar-refractivity contribution < 1.29 is 4.74 Å². The number of aromatic nitrogens is 1. The molecule has 114 valence electrons. The van der Waals surface area contributed by atoms with Crippen molar-refractivity contribution in [1.29, 1.82) is 0 Å². The van der Waals surface area contributed by atoms with Gasteiger partial charge in [-0.3, -0.25) is 4.90 Å². The Labute approximate surface area is 126 Å². The number of rotatable bonds is 5. The van der Waals surface area contributed by atoms with Gasteiger partial charge in [-0.25, -0.2) is 4.98 Å². The summed E-state index contributed by atoms with van der Waals surface area (Å²) in [6.07, 6.45) is 2.32. The van der Waals surface area contributed by atoms with E-state index in [9.17, 15) is 0 Å². The smallest absolute Gasteiger partial charge is 0.0981 e. The predicted molar refractivity (Wildman–Crippen MR) is 84.4 cm³/mol. The van der Waals surface area contributed by atoms with E-state index < -0.39 is 0 Å². The Balaban J connectivity index is 1.74. The second-order valence-corrected chi connectivity index (χ2v) is 7.51. The van der Waals surface area contributed by atoms with Crippen LogP contribution in [0.1, 0.15) is 37.6 Å². The van der Waals surface area contributed by atoms with Crippen LogP contribution in [-0.4, -0.2) is 48.8 Å². The van der Waals surface area contributed by atoms with Gasteiger partial charge in [0.1, 0.15) is 0 Å². The van der Waals surface area contributed by atoms with E-state index in [1.54, 1.807) is 11.3 Å². The fraction of sp³-hybridized carbons (Fsp3) is 0.800. The van der Waals surface area contributed by atoms with Gasteiger partial charge in [0.2, 0.25) is 0 Å². The maximum Gasteiger partial charge on any atom is 0.0981 e. The first-order valence-electron chi connectivity index (χ1n) is 7.49. The van der Waals surface area contributed by atoms with Crippen LogP contribution < -0.4 is 5.32 Å². The molecule has 2 heterocycles. The van der Waals surface area contributed by atoms with Crippen LogP contribution >= 0.6 is 11.3 Å². The maximum atomic E-state index is 5.79. The zero-order valence-corrected chi connectivity index (χ0v) is 13.9. The number of thiazole rings is 1. The van der Waals surface area contributed by atoms with Crippen LogP contribution in [0.15, 0.2) is 6.20 Å². The second-order valence-electron chi connectivity index (χ2n) is 6.40. The second kappa shape index (κ2) is 6.98. The molecule has 0 amide bonds. The number of morpholine rings is 1. The van der Waals surface area contributed by atoms with Crippen molar-refractivity contribution in [3.63, 3.8) is 0 Å². The lowest BCUT2D eigenvalue weighted by molar-refractivity contribution is -0.0253. The molecule has 1 aromatic rings. The highest BCUT2D eigenvalue weighted by Gasteiger charge is 2.20. The Morgan fingerprint density at radius 3 is 2.95 bits per heavy atom. The summed E-state index contributed by atoms with van der Waals surface area (Å²) in [4.78, 5) is 8.27. The zero-order chi connectivity index (χ0) is 14.6. The molecule has 0 unspecified atom stereocenters. The van der Waals surface area contributed by atoms with Crippen molar-refractivity contribution in [2.24, 2.45) is 0 Å². The summed E-state index contributed by atoms with van der Waals surface area (Å²) in [7, 11) is 0. The van der Waals surface area contributed by atoms with Gasteiger partial charge < -0.3 is 10.1 Å². The summed E-state index contributed by atoms with van der Waals surface area (Å²) >= 11 is 1.81. The van der Waals surface area contributed by atoms with E-state index in [-0.39, 0.29) is 5.41 Å². The molecule has 1 aliphatic rings. The molecule has 4 nitrogen and oxygen atoms in total. The lowest BCUT2D eigenvalue weighted by atomic mass is 9.98. The van der Waals surface area contributed by atoms with E-state index in [2.05, 4.69) is 42.9 Å². The Hall–Kier alpha value is -0.490. The van der Waals surface area contributed by atoms with Crippen molar-refractivity contribution in [1.82, 2.24) is 15.2 Å². The third kappa shape index (κ3) is 4.52. The predicted octanol–water partition coefficient (Wildman–Crippen LogP) is 2.25. The van der Waals surface area contributed by atoms with Gasteiger partial charge >= 0.3 is 0 Å². The van der Waals surface area contributed by atoms with Gasteiger partial charge in [-0.1, -0.05) is 27.7 Å². The lowest BCUT2D eigenvalue weighted by Gasteiger charge is -2.32. The molecular weight excluding hydrogens is 270 g/mol. The minimum absolute atomic E-state index is 0.150. The highest BCUT2D eigenvalue weighted by Crippen LogP contribution is 2.26. The van der Waals surface area contributed by atoms with Crippen LogP contribution in [0.5, 0.6) is 0 Å². The van der Waals surface area contributed by atoms with Gasteiger partial charge in [-0.15, -0.1) is 11.3 Å². The van der Waals surface area contributed by atoms with Crippen molar-refractivity contribution in [3.05, 3.63) is 16.1 Å². The SMILES string of the molecule is CCN1CCO[C@H](CNCc2cnc(C(C)(C)C)s2)C1. The first kappa shape index (κ1) is 15.9.